The molecule has 38 heavy (non-hydrogen) atoms. The maximum atomic E-state index is 13.8. The molecule has 202 valence electrons. The molecule has 3 aliphatic rings. The molecule has 0 spiro atoms. The Morgan fingerprint density at radius 1 is 1.00 bits per heavy atom. The molecule has 0 aromatic heterocycles. The SMILES string of the molecule is CC(C)C1=C(C(=O)N2CCN(S(C)(=O)=O)CC2)SC2=NC(C)(c3ccc(Cl)cc3)C(c3ccc(Cl)cc3)N21. The Balaban J connectivity index is 1.55. The second-order valence-corrected chi connectivity index (χ2v) is 14.1. The number of thioether (sulfide) groups is 1. The Labute approximate surface area is 238 Å². The number of rotatable bonds is 5. The van der Waals surface area contributed by atoms with Crippen LogP contribution >= 0.6 is 35.0 Å². The van der Waals surface area contributed by atoms with Crippen LogP contribution in [-0.2, 0) is 20.4 Å². The van der Waals surface area contributed by atoms with Gasteiger partial charge in [-0.15, -0.1) is 0 Å². The van der Waals surface area contributed by atoms with Gasteiger partial charge in [-0.3, -0.25) is 4.79 Å². The number of piperazine rings is 1. The van der Waals surface area contributed by atoms with Crippen molar-refractivity contribution in [3.8, 4) is 0 Å². The molecule has 2 unspecified atom stereocenters. The average molecular weight is 594 g/mol. The Hall–Kier alpha value is -2.04. The van der Waals surface area contributed by atoms with E-state index in [1.807, 2.05) is 48.5 Å². The normalized spacial score (nSPS) is 24.3. The van der Waals surface area contributed by atoms with E-state index in [1.165, 1.54) is 22.3 Å². The molecule has 3 aliphatic heterocycles. The van der Waals surface area contributed by atoms with Crippen molar-refractivity contribution >= 4 is 56.1 Å². The van der Waals surface area contributed by atoms with E-state index in [9.17, 15) is 13.2 Å². The van der Waals surface area contributed by atoms with E-state index in [4.69, 9.17) is 28.2 Å². The summed E-state index contributed by atoms with van der Waals surface area (Å²) >= 11 is 13.9. The van der Waals surface area contributed by atoms with Crippen molar-refractivity contribution in [1.82, 2.24) is 14.1 Å². The van der Waals surface area contributed by atoms with Crippen LogP contribution in [0.4, 0.5) is 0 Å². The number of amidine groups is 1. The molecule has 2 aromatic rings. The molecule has 0 N–H and O–H groups in total. The van der Waals surface area contributed by atoms with Gasteiger partial charge < -0.3 is 9.80 Å². The highest BCUT2D eigenvalue weighted by Crippen LogP contribution is 2.56. The molecule has 0 bridgehead atoms. The number of carbonyl (C=O) groups excluding carboxylic acids is 1. The lowest BCUT2D eigenvalue weighted by Crippen LogP contribution is -2.50. The molecule has 3 heterocycles. The second-order valence-electron chi connectivity index (χ2n) is 10.3. The van der Waals surface area contributed by atoms with Gasteiger partial charge in [0.2, 0.25) is 10.0 Å². The number of amides is 1. The number of hydrogen-bond donors (Lipinski definition) is 0. The zero-order valence-electron chi connectivity index (χ0n) is 21.7. The molecule has 1 saturated heterocycles. The van der Waals surface area contributed by atoms with Gasteiger partial charge in [0.1, 0.15) is 10.4 Å². The molecule has 2 atom stereocenters. The number of nitrogens with zero attached hydrogens (tertiary/aromatic N) is 4. The van der Waals surface area contributed by atoms with Crippen molar-refractivity contribution in [2.45, 2.75) is 32.4 Å². The van der Waals surface area contributed by atoms with Gasteiger partial charge in [0.25, 0.3) is 5.91 Å². The lowest BCUT2D eigenvalue weighted by molar-refractivity contribution is -0.127. The van der Waals surface area contributed by atoms with Gasteiger partial charge in [-0.1, -0.05) is 61.3 Å². The summed E-state index contributed by atoms with van der Waals surface area (Å²) in [7, 11) is -3.28. The van der Waals surface area contributed by atoms with E-state index in [2.05, 4.69) is 25.7 Å². The van der Waals surface area contributed by atoms with Crippen LogP contribution in [0.3, 0.4) is 0 Å². The highest BCUT2D eigenvalue weighted by molar-refractivity contribution is 8.18. The second kappa shape index (κ2) is 10.2. The summed E-state index contributed by atoms with van der Waals surface area (Å²) in [5.41, 5.74) is 2.37. The predicted octanol–water partition coefficient (Wildman–Crippen LogP) is 5.34. The van der Waals surface area contributed by atoms with Crippen molar-refractivity contribution in [2.75, 3.05) is 32.4 Å². The van der Waals surface area contributed by atoms with Crippen molar-refractivity contribution in [3.05, 3.63) is 80.3 Å². The minimum Gasteiger partial charge on any atom is -0.335 e. The molecule has 5 rings (SSSR count). The predicted molar refractivity (Wildman–Crippen MR) is 155 cm³/mol. The van der Waals surface area contributed by atoms with Crippen LogP contribution in [0.15, 0.2) is 64.1 Å². The third-order valence-corrected chi connectivity index (χ3v) is 10.2. The number of carbonyl (C=O) groups is 1. The number of halogens is 2. The molecule has 7 nitrogen and oxygen atoms in total. The van der Waals surface area contributed by atoms with Gasteiger partial charge in [0.05, 0.1) is 12.3 Å². The lowest BCUT2D eigenvalue weighted by Gasteiger charge is -2.37. The van der Waals surface area contributed by atoms with Crippen molar-refractivity contribution < 1.29 is 13.2 Å². The number of fused-ring (bicyclic) bond motifs is 1. The first-order valence-corrected chi connectivity index (χ1v) is 15.9. The topological polar surface area (TPSA) is 73.3 Å². The van der Waals surface area contributed by atoms with Crippen molar-refractivity contribution in [1.29, 1.82) is 0 Å². The minimum absolute atomic E-state index is 0.0498. The third-order valence-electron chi connectivity index (χ3n) is 7.36. The number of benzene rings is 2. The fourth-order valence-corrected chi connectivity index (χ4v) is 7.88. The summed E-state index contributed by atoms with van der Waals surface area (Å²) in [5.74, 6) is -0.0270. The van der Waals surface area contributed by atoms with Gasteiger partial charge in [0, 0.05) is 41.9 Å². The summed E-state index contributed by atoms with van der Waals surface area (Å²) in [6.07, 6.45) is 1.21. The van der Waals surface area contributed by atoms with Crippen LogP contribution in [0, 0.1) is 5.92 Å². The van der Waals surface area contributed by atoms with E-state index in [0.29, 0.717) is 41.1 Å². The summed E-state index contributed by atoms with van der Waals surface area (Å²) < 4.78 is 25.3. The van der Waals surface area contributed by atoms with Gasteiger partial charge in [0.15, 0.2) is 5.17 Å². The summed E-state index contributed by atoms with van der Waals surface area (Å²) in [4.78, 5) is 23.7. The van der Waals surface area contributed by atoms with Crippen LogP contribution in [-0.4, -0.2) is 66.0 Å². The Bertz CT molecular complexity index is 1420. The van der Waals surface area contributed by atoms with Crippen molar-refractivity contribution in [3.63, 3.8) is 0 Å². The van der Waals surface area contributed by atoms with Crippen molar-refractivity contribution in [2.24, 2.45) is 10.9 Å². The molecule has 1 fully saturated rings. The van der Waals surface area contributed by atoms with Crippen LogP contribution in [0.2, 0.25) is 10.0 Å². The van der Waals surface area contributed by atoms with Crippen LogP contribution < -0.4 is 0 Å². The minimum atomic E-state index is -3.28. The van der Waals surface area contributed by atoms with Gasteiger partial charge in [-0.05, 0) is 60.0 Å². The first-order valence-electron chi connectivity index (χ1n) is 12.5. The maximum Gasteiger partial charge on any atom is 0.262 e. The maximum absolute atomic E-state index is 13.8. The highest BCUT2D eigenvalue weighted by atomic mass is 35.5. The zero-order chi connectivity index (χ0) is 27.4. The zero-order valence-corrected chi connectivity index (χ0v) is 24.8. The highest BCUT2D eigenvalue weighted by Gasteiger charge is 2.53. The van der Waals surface area contributed by atoms with E-state index >= 15 is 0 Å². The largest absolute Gasteiger partial charge is 0.335 e. The lowest BCUT2D eigenvalue weighted by atomic mass is 9.81. The van der Waals surface area contributed by atoms with Crippen LogP contribution in [0.25, 0.3) is 0 Å². The van der Waals surface area contributed by atoms with Crippen LogP contribution in [0.5, 0.6) is 0 Å². The molecular weight excluding hydrogens is 563 g/mol. The van der Waals surface area contributed by atoms with E-state index < -0.39 is 15.6 Å². The summed E-state index contributed by atoms with van der Waals surface area (Å²) in [5, 5.41) is 2.09. The standard InChI is InChI=1S/C27H30Cl2N4O3S2/c1-17(2)22-23(25(34)31-13-15-32(16-14-31)38(4,35)36)37-26-30-27(3,19-7-11-21(29)12-8-19)24(33(22)26)18-5-9-20(28)10-6-18/h5-12,17,24H,13-16H2,1-4H3. The van der Waals surface area contributed by atoms with Gasteiger partial charge in [-0.2, -0.15) is 4.31 Å². The molecule has 0 aliphatic carbocycles. The van der Waals surface area contributed by atoms with E-state index in [-0.39, 0.29) is 17.9 Å². The molecule has 0 radical (unpaired) electrons. The third kappa shape index (κ3) is 4.88. The molecule has 2 aromatic carbocycles. The number of aliphatic imine (C=N–C) groups is 1. The smallest absolute Gasteiger partial charge is 0.262 e. The fraction of sp³-hybridized carbons (Fsp3) is 0.407. The Morgan fingerprint density at radius 2 is 1.55 bits per heavy atom. The summed E-state index contributed by atoms with van der Waals surface area (Å²) in [6.45, 7) is 7.60. The molecular formula is C27H30Cl2N4O3S2. The fourth-order valence-electron chi connectivity index (χ4n) is 5.43. The molecule has 11 heteroatoms. The van der Waals surface area contributed by atoms with Gasteiger partial charge in [-0.25, -0.2) is 13.4 Å². The first kappa shape index (κ1) is 27.5. The van der Waals surface area contributed by atoms with Gasteiger partial charge >= 0.3 is 0 Å². The Morgan fingerprint density at radius 3 is 2.08 bits per heavy atom. The monoisotopic (exact) mass is 592 g/mol. The molecule has 0 saturated carbocycles. The number of sulfonamides is 1. The van der Waals surface area contributed by atoms with Crippen LogP contribution in [0.1, 0.15) is 37.9 Å². The number of hydrogen-bond acceptors (Lipinski definition) is 6. The van der Waals surface area contributed by atoms with E-state index in [1.54, 1.807) is 4.90 Å². The number of allylic oxidation sites excluding steroid dienone is 1. The average Bonchev–Trinajstić information content (AvgIpc) is 3.37. The van der Waals surface area contributed by atoms with E-state index in [0.717, 1.165) is 22.0 Å². The Kier molecular flexibility index (Phi) is 7.37. The first-order chi connectivity index (χ1) is 17.9. The molecule has 1 amide bonds. The quantitative estimate of drug-likeness (QED) is 0.468. The summed E-state index contributed by atoms with van der Waals surface area (Å²) in [6, 6.07) is 15.4.